The van der Waals surface area contributed by atoms with Gasteiger partial charge in [-0.1, -0.05) is 12.0 Å². The van der Waals surface area contributed by atoms with Gasteiger partial charge in [-0.05, 0) is 25.1 Å². The molecule has 132 valence electrons. The van der Waals surface area contributed by atoms with Gasteiger partial charge in [-0.25, -0.2) is 19.4 Å². The molecule has 0 atom stereocenters. The molecule has 0 radical (unpaired) electrons. The van der Waals surface area contributed by atoms with E-state index < -0.39 is 18.0 Å². The monoisotopic (exact) mass is 360 g/mol. The Labute approximate surface area is 145 Å². The minimum Gasteiger partial charge on any atom is -0.461 e. The maximum atomic E-state index is 13.0. The summed E-state index contributed by atoms with van der Waals surface area (Å²) in [6, 6.07) is 6.39. The zero-order valence-electron chi connectivity index (χ0n) is 13.4. The van der Waals surface area contributed by atoms with E-state index >= 15 is 0 Å². The molecule has 0 N–H and O–H groups in total. The first-order valence-corrected chi connectivity index (χ1v) is 7.42. The summed E-state index contributed by atoms with van der Waals surface area (Å²) in [5.74, 6) is 0.302. The molecule has 2 aromatic heterocycles. The van der Waals surface area contributed by atoms with Crippen molar-refractivity contribution in [2.75, 3.05) is 6.61 Å². The second-order valence-electron chi connectivity index (χ2n) is 5.10. The average molecular weight is 360 g/mol. The Kier molecular flexibility index (Phi) is 4.34. The lowest BCUT2D eigenvalue weighted by Crippen LogP contribution is -2.11. The molecule has 0 fully saturated rings. The molecule has 26 heavy (non-hydrogen) atoms. The van der Waals surface area contributed by atoms with E-state index in [9.17, 15) is 18.0 Å². The first kappa shape index (κ1) is 17.4. The van der Waals surface area contributed by atoms with Crippen molar-refractivity contribution in [2.45, 2.75) is 13.1 Å². The van der Waals surface area contributed by atoms with Crippen LogP contribution in [0.5, 0.6) is 0 Å². The smallest absolute Gasteiger partial charge is 0.451 e. The van der Waals surface area contributed by atoms with Crippen molar-refractivity contribution in [2.24, 2.45) is 0 Å². The molecule has 0 bridgehead atoms. The van der Waals surface area contributed by atoms with Gasteiger partial charge in [0.25, 0.3) is 0 Å². The van der Waals surface area contributed by atoms with Crippen LogP contribution < -0.4 is 0 Å². The van der Waals surface area contributed by atoms with Gasteiger partial charge in [0.05, 0.1) is 17.7 Å². The van der Waals surface area contributed by atoms with Gasteiger partial charge < -0.3 is 4.74 Å². The van der Waals surface area contributed by atoms with Gasteiger partial charge in [-0.15, -0.1) is 6.42 Å². The summed E-state index contributed by atoms with van der Waals surface area (Å²) in [7, 11) is 0. The van der Waals surface area contributed by atoms with E-state index in [4.69, 9.17) is 11.2 Å². The zero-order chi connectivity index (χ0) is 18.9. The molecule has 3 aromatic rings. The Morgan fingerprint density at radius 3 is 2.81 bits per heavy atom. The predicted molar refractivity (Wildman–Crippen MR) is 85.6 cm³/mol. The van der Waals surface area contributed by atoms with Gasteiger partial charge in [0, 0.05) is 11.8 Å². The lowest BCUT2D eigenvalue weighted by Gasteiger charge is -2.06. The quantitative estimate of drug-likeness (QED) is 0.531. The van der Waals surface area contributed by atoms with Crippen molar-refractivity contribution in [3.05, 3.63) is 47.5 Å². The summed E-state index contributed by atoms with van der Waals surface area (Å²) >= 11 is 0. The van der Waals surface area contributed by atoms with Crippen molar-refractivity contribution in [1.82, 2.24) is 19.7 Å². The molecule has 0 aliphatic heterocycles. The topological polar surface area (TPSA) is 69.9 Å². The Balaban J connectivity index is 2.29. The summed E-state index contributed by atoms with van der Waals surface area (Å²) in [6.07, 6.45) is 1.52. The van der Waals surface area contributed by atoms with Gasteiger partial charge in [0.2, 0.25) is 5.82 Å². The minimum atomic E-state index is -4.74. The molecule has 0 amide bonds. The molecule has 1 aromatic carbocycles. The second kappa shape index (κ2) is 6.48. The number of rotatable bonds is 3. The number of esters is 1. The molecule has 0 aliphatic carbocycles. The summed E-state index contributed by atoms with van der Waals surface area (Å²) in [5.41, 5.74) is 0.494. The van der Waals surface area contributed by atoms with E-state index in [-0.39, 0.29) is 23.3 Å². The molecular formula is C17H11F3N4O2. The van der Waals surface area contributed by atoms with Crippen LogP contribution in [-0.2, 0) is 10.9 Å². The van der Waals surface area contributed by atoms with Crippen LogP contribution in [0.2, 0.25) is 0 Å². The van der Waals surface area contributed by atoms with Gasteiger partial charge in [-0.2, -0.15) is 18.3 Å². The summed E-state index contributed by atoms with van der Waals surface area (Å²) in [4.78, 5) is 18.9. The highest BCUT2D eigenvalue weighted by atomic mass is 19.4. The normalized spacial score (nSPS) is 11.3. The molecular weight excluding hydrogens is 349 g/mol. The molecule has 0 spiro atoms. The number of fused-ring (bicyclic) bond motifs is 1. The Morgan fingerprint density at radius 2 is 2.15 bits per heavy atom. The van der Waals surface area contributed by atoms with Gasteiger partial charge >= 0.3 is 12.1 Å². The van der Waals surface area contributed by atoms with E-state index in [1.807, 2.05) is 0 Å². The number of hydrogen-bond acceptors (Lipinski definition) is 5. The number of halogens is 3. The minimum absolute atomic E-state index is 0.0440. The third-order valence-electron chi connectivity index (χ3n) is 3.40. The Morgan fingerprint density at radius 1 is 1.38 bits per heavy atom. The predicted octanol–water partition coefficient (Wildman–Crippen LogP) is 2.99. The molecule has 2 heterocycles. The third kappa shape index (κ3) is 3.09. The van der Waals surface area contributed by atoms with E-state index in [1.54, 1.807) is 25.1 Å². The van der Waals surface area contributed by atoms with Crippen molar-refractivity contribution >= 4 is 17.0 Å². The van der Waals surface area contributed by atoms with Crippen LogP contribution in [0.1, 0.15) is 28.8 Å². The fraction of sp³-hybridized carbons (Fsp3) is 0.176. The van der Waals surface area contributed by atoms with Gasteiger partial charge in [0.15, 0.2) is 11.3 Å². The highest BCUT2D eigenvalue weighted by Crippen LogP contribution is 2.29. The van der Waals surface area contributed by atoms with E-state index in [1.165, 1.54) is 6.07 Å². The molecule has 3 rings (SSSR count). The fourth-order valence-corrected chi connectivity index (χ4v) is 2.30. The van der Waals surface area contributed by atoms with E-state index in [2.05, 4.69) is 21.0 Å². The standard InChI is InChI=1S/C17H11F3N4O2/c1-3-10-6-5-7-11(8-10)24-14-12(13(23-24)15(25)26-4-2)9-21-16(22-14)17(18,19)20/h1,5-9H,4H2,2H3. The number of alkyl halides is 3. The Hall–Kier alpha value is -3.41. The van der Waals surface area contributed by atoms with Crippen molar-refractivity contribution in [1.29, 1.82) is 0 Å². The van der Waals surface area contributed by atoms with Gasteiger partial charge in [-0.3, -0.25) is 0 Å². The van der Waals surface area contributed by atoms with Crippen LogP contribution in [0.25, 0.3) is 16.7 Å². The number of carbonyl (C=O) groups is 1. The zero-order valence-corrected chi connectivity index (χ0v) is 13.4. The number of hydrogen-bond donors (Lipinski definition) is 0. The van der Waals surface area contributed by atoms with Crippen LogP contribution >= 0.6 is 0 Å². The summed E-state index contributed by atoms with van der Waals surface area (Å²) in [6.45, 7) is 1.69. The lowest BCUT2D eigenvalue weighted by atomic mass is 10.2. The highest BCUT2D eigenvalue weighted by Gasteiger charge is 2.36. The SMILES string of the molecule is C#Cc1cccc(-n2nc(C(=O)OCC)c3cnc(C(F)(F)F)nc32)c1. The number of benzene rings is 1. The van der Waals surface area contributed by atoms with Gasteiger partial charge in [0.1, 0.15) is 0 Å². The third-order valence-corrected chi connectivity index (χ3v) is 3.40. The summed E-state index contributed by atoms with van der Waals surface area (Å²) < 4.78 is 45.0. The maximum Gasteiger partial charge on any atom is 0.451 e. The van der Waals surface area contributed by atoms with E-state index in [0.29, 0.717) is 11.3 Å². The number of ether oxygens (including phenoxy) is 1. The molecule has 0 saturated carbocycles. The molecule has 6 nitrogen and oxygen atoms in total. The van der Waals surface area contributed by atoms with Crippen molar-refractivity contribution < 1.29 is 22.7 Å². The van der Waals surface area contributed by atoms with Crippen molar-refractivity contribution in [3.8, 4) is 18.0 Å². The maximum absolute atomic E-state index is 13.0. The van der Waals surface area contributed by atoms with Crippen LogP contribution in [0.3, 0.4) is 0 Å². The lowest BCUT2D eigenvalue weighted by molar-refractivity contribution is -0.144. The molecule has 0 aliphatic rings. The van der Waals surface area contributed by atoms with Crippen LogP contribution in [-0.4, -0.2) is 32.3 Å². The number of aromatic nitrogens is 4. The molecule has 9 heteroatoms. The number of nitrogens with zero attached hydrogens (tertiary/aromatic N) is 4. The molecule has 0 saturated heterocycles. The van der Waals surface area contributed by atoms with Crippen molar-refractivity contribution in [3.63, 3.8) is 0 Å². The summed E-state index contributed by atoms with van der Waals surface area (Å²) in [5, 5.41) is 4.12. The molecule has 0 unspecified atom stereocenters. The first-order chi connectivity index (χ1) is 12.3. The Bertz CT molecular complexity index is 1030. The van der Waals surface area contributed by atoms with Crippen LogP contribution in [0.15, 0.2) is 30.5 Å². The largest absolute Gasteiger partial charge is 0.461 e. The fourth-order valence-electron chi connectivity index (χ4n) is 2.30. The average Bonchev–Trinajstić information content (AvgIpc) is 3.00. The highest BCUT2D eigenvalue weighted by molar-refractivity contribution is 6.01. The second-order valence-corrected chi connectivity index (χ2v) is 5.10. The first-order valence-electron chi connectivity index (χ1n) is 7.42. The number of carbonyl (C=O) groups excluding carboxylic acids is 1. The van der Waals surface area contributed by atoms with Crippen LogP contribution in [0.4, 0.5) is 13.2 Å². The number of terminal acetylenes is 1. The van der Waals surface area contributed by atoms with Crippen LogP contribution in [0, 0.1) is 12.3 Å². The van der Waals surface area contributed by atoms with E-state index in [0.717, 1.165) is 10.9 Å².